The van der Waals surface area contributed by atoms with Crippen LogP contribution in [0, 0.1) is 10.1 Å². The molecule has 0 saturated heterocycles. The summed E-state index contributed by atoms with van der Waals surface area (Å²) in [6.45, 7) is -0.764. The van der Waals surface area contributed by atoms with E-state index in [9.17, 15) is 19.7 Å². The Labute approximate surface area is 105 Å². The van der Waals surface area contributed by atoms with E-state index in [4.69, 9.17) is 16.7 Å². The number of nitrogens with one attached hydrogen (secondary N) is 1. The van der Waals surface area contributed by atoms with E-state index in [-0.39, 0.29) is 10.6 Å². The second-order valence-electron chi connectivity index (χ2n) is 3.01. The van der Waals surface area contributed by atoms with Gasteiger partial charge in [0.1, 0.15) is 10.6 Å². The molecule has 1 amide bonds. The number of amides is 1. The summed E-state index contributed by atoms with van der Waals surface area (Å²) in [5.41, 5.74) is 0.875. The van der Waals surface area contributed by atoms with Crippen molar-refractivity contribution in [3.05, 3.63) is 38.9 Å². The molecule has 0 atom stereocenters. The van der Waals surface area contributed by atoms with E-state index in [1.165, 1.54) is 18.2 Å². The molecule has 0 aliphatic carbocycles. The summed E-state index contributed by atoms with van der Waals surface area (Å²) >= 11 is 5.60. The third kappa shape index (κ3) is 3.40. The average molecular weight is 275 g/mol. The molecule has 0 radical (unpaired) electrons. The van der Waals surface area contributed by atoms with Crippen LogP contribution in [-0.2, 0) is 9.63 Å². The first-order valence-electron chi connectivity index (χ1n) is 4.50. The maximum atomic E-state index is 11.5. The van der Waals surface area contributed by atoms with Gasteiger partial charge in [-0.15, -0.1) is 0 Å². The van der Waals surface area contributed by atoms with E-state index in [1.807, 2.05) is 0 Å². The number of hydrogen-bond acceptors (Lipinski definition) is 5. The molecule has 0 heterocycles. The molecule has 0 aliphatic rings. The molecule has 0 fully saturated rings. The topological polar surface area (TPSA) is 119 Å². The van der Waals surface area contributed by atoms with Crippen molar-refractivity contribution in [1.29, 1.82) is 0 Å². The van der Waals surface area contributed by atoms with Crippen molar-refractivity contribution in [2.45, 2.75) is 0 Å². The lowest BCUT2D eigenvalue weighted by atomic mass is 10.2. The number of para-hydroxylation sites is 1. The van der Waals surface area contributed by atoms with Gasteiger partial charge in [-0.1, -0.05) is 17.7 Å². The fraction of sp³-hybridized carbons (Fsp3) is 0.111. The largest absolute Gasteiger partial charge is 0.479 e. The standard InChI is InChI=1S/C9H7ClN2O6/c10-6-3-1-2-5(8(6)12(16)17)9(15)11-18-4-7(13)14/h1-3H,4H2,(H,11,15)(H,13,14). The Morgan fingerprint density at radius 2 is 2.17 bits per heavy atom. The van der Waals surface area contributed by atoms with Crippen LogP contribution < -0.4 is 5.48 Å². The van der Waals surface area contributed by atoms with E-state index in [0.717, 1.165) is 0 Å². The number of rotatable bonds is 5. The summed E-state index contributed by atoms with van der Waals surface area (Å²) in [5.74, 6) is -2.25. The number of hydroxylamine groups is 1. The van der Waals surface area contributed by atoms with Crippen LogP contribution >= 0.6 is 11.6 Å². The third-order valence-electron chi connectivity index (χ3n) is 1.77. The number of carbonyl (C=O) groups excluding carboxylic acids is 1. The van der Waals surface area contributed by atoms with Crippen LogP contribution in [0.2, 0.25) is 5.02 Å². The maximum Gasteiger partial charge on any atom is 0.332 e. The molecule has 8 nitrogen and oxygen atoms in total. The number of benzene rings is 1. The van der Waals surface area contributed by atoms with Crippen molar-refractivity contribution in [2.24, 2.45) is 0 Å². The minimum Gasteiger partial charge on any atom is -0.479 e. The van der Waals surface area contributed by atoms with Gasteiger partial charge in [-0.3, -0.25) is 19.7 Å². The minimum atomic E-state index is -1.30. The highest BCUT2D eigenvalue weighted by molar-refractivity contribution is 6.33. The zero-order valence-electron chi connectivity index (χ0n) is 8.75. The minimum absolute atomic E-state index is 0.203. The van der Waals surface area contributed by atoms with Crippen molar-refractivity contribution >= 4 is 29.2 Å². The summed E-state index contributed by atoms with van der Waals surface area (Å²) in [6, 6.07) is 3.78. The molecular formula is C9H7ClN2O6. The van der Waals surface area contributed by atoms with Crippen molar-refractivity contribution in [3.8, 4) is 0 Å². The quantitative estimate of drug-likeness (QED) is 0.610. The molecule has 1 aromatic carbocycles. The van der Waals surface area contributed by atoms with Crippen LogP contribution in [0.3, 0.4) is 0 Å². The lowest BCUT2D eigenvalue weighted by Crippen LogP contribution is -2.27. The van der Waals surface area contributed by atoms with Crippen LogP contribution in [0.25, 0.3) is 0 Å². The van der Waals surface area contributed by atoms with Gasteiger partial charge in [-0.2, -0.15) is 0 Å². The smallest absolute Gasteiger partial charge is 0.332 e. The lowest BCUT2D eigenvalue weighted by Gasteiger charge is -2.05. The molecule has 0 spiro atoms. The van der Waals surface area contributed by atoms with Crippen LogP contribution in [0.1, 0.15) is 10.4 Å². The summed E-state index contributed by atoms with van der Waals surface area (Å²) in [4.78, 5) is 35.9. The van der Waals surface area contributed by atoms with Crippen molar-refractivity contribution in [1.82, 2.24) is 5.48 Å². The number of carbonyl (C=O) groups is 2. The number of aliphatic carboxylic acids is 1. The summed E-state index contributed by atoms with van der Waals surface area (Å²) < 4.78 is 0. The molecular weight excluding hydrogens is 268 g/mol. The van der Waals surface area contributed by atoms with Gasteiger partial charge in [-0.05, 0) is 12.1 Å². The van der Waals surface area contributed by atoms with Gasteiger partial charge >= 0.3 is 11.7 Å². The summed E-state index contributed by atoms with van der Waals surface area (Å²) in [6.07, 6.45) is 0. The molecule has 0 aliphatic heterocycles. The maximum absolute atomic E-state index is 11.5. The van der Waals surface area contributed by atoms with Gasteiger partial charge in [0.15, 0.2) is 6.61 Å². The SMILES string of the molecule is O=C(O)CONC(=O)c1cccc(Cl)c1[N+](=O)[O-]. The Morgan fingerprint density at radius 1 is 1.50 bits per heavy atom. The van der Waals surface area contributed by atoms with E-state index in [1.54, 1.807) is 5.48 Å². The van der Waals surface area contributed by atoms with E-state index in [2.05, 4.69) is 4.84 Å². The molecule has 96 valence electrons. The number of nitro benzene ring substituents is 1. The highest BCUT2D eigenvalue weighted by Crippen LogP contribution is 2.27. The number of nitrogens with zero attached hydrogens (tertiary/aromatic N) is 1. The second kappa shape index (κ2) is 5.94. The summed E-state index contributed by atoms with van der Waals surface area (Å²) in [5, 5.41) is 18.8. The van der Waals surface area contributed by atoms with Crippen molar-refractivity contribution in [3.63, 3.8) is 0 Å². The Kier molecular flexibility index (Phi) is 4.58. The molecule has 0 unspecified atom stereocenters. The van der Waals surface area contributed by atoms with Gasteiger partial charge < -0.3 is 5.11 Å². The van der Waals surface area contributed by atoms with Crippen molar-refractivity contribution < 1.29 is 24.5 Å². The van der Waals surface area contributed by atoms with E-state index >= 15 is 0 Å². The number of hydrogen-bond donors (Lipinski definition) is 2. The first kappa shape index (κ1) is 13.9. The first-order chi connectivity index (χ1) is 8.43. The number of carboxylic acids is 1. The molecule has 0 aromatic heterocycles. The Balaban J connectivity index is 2.89. The normalized spacial score (nSPS) is 9.83. The van der Waals surface area contributed by atoms with Crippen LogP contribution in [0.5, 0.6) is 0 Å². The van der Waals surface area contributed by atoms with Gasteiger partial charge in [0.05, 0.1) is 4.92 Å². The second-order valence-corrected chi connectivity index (χ2v) is 3.41. The zero-order chi connectivity index (χ0) is 13.7. The molecule has 9 heteroatoms. The highest BCUT2D eigenvalue weighted by Gasteiger charge is 2.23. The average Bonchev–Trinajstić information content (AvgIpc) is 2.27. The van der Waals surface area contributed by atoms with Crippen LogP contribution in [0.4, 0.5) is 5.69 Å². The fourth-order valence-corrected chi connectivity index (χ4v) is 1.35. The predicted octanol–water partition coefficient (Wildman–Crippen LogP) is 0.994. The van der Waals surface area contributed by atoms with Gasteiger partial charge in [-0.25, -0.2) is 10.3 Å². The lowest BCUT2D eigenvalue weighted by molar-refractivity contribution is -0.385. The third-order valence-corrected chi connectivity index (χ3v) is 2.08. The monoisotopic (exact) mass is 274 g/mol. The predicted molar refractivity (Wildman–Crippen MR) is 59.2 cm³/mol. The molecule has 1 rings (SSSR count). The fourth-order valence-electron chi connectivity index (χ4n) is 1.10. The van der Waals surface area contributed by atoms with Gasteiger partial charge in [0.25, 0.3) is 5.91 Å². The van der Waals surface area contributed by atoms with Gasteiger partial charge in [0, 0.05) is 0 Å². The molecule has 0 saturated carbocycles. The highest BCUT2D eigenvalue weighted by atomic mass is 35.5. The Hall–Kier alpha value is -2.19. The first-order valence-corrected chi connectivity index (χ1v) is 4.88. The molecule has 2 N–H and O–H groups in total. The number of carboxylic acid groups (broad SMARTS) is 1. The number of halogens is 1. The van der Waals surface area contributed by atoms with Crippen LogP contribution in [0.15, 0.2) is 18.2 Å². The Morgan fingerprint density at radius 3 is 2.72 bits per heavy atom. The van der Waals surface area contributed by atoms with E-state index in [0.29, 0.717) is 0 Å². The van der Waals surface area contributed by atoms with Crippen molar-refractivity contribution in [2.75, 3.05) is 6.61 Å². The van der Waals surface area contributed by atoms with E-state index < -0.39 is 29.1 Å². The Bertz CT molecular complexity index is 504. The number of nitro groups is 1. The molecule has 1 aromatic rings. The molecule has 18 heavy (non-hydrogen) atoms. The van der Waals surface area contributed by atoms with Crippen LogP contribution in [-0.4, -0.2) is 28.5 Å². The van der Waals surface area contributed by atoms with Gasteiger partial charge in [0.2, 0.25) is 0 Å². The zero-order valence-corrected chi connectivity index (χ0v) is 9.51. The molecule has 0 bridgehead atoms. The summed E-state index contributed by atoms with van der Waals surface area (Å²) in [7, 11) is 0.